The number of aromatic nitrogens is 4. The minimum Gasteiger partial charge on any atom is -0.324 e. The molecule has 0 atom stereocenters. The van der Waals surface area contributed by atoms with E-state index in [0.717, 1.165) is 40.1 Å². The van der Waals surface area contributed by atoms with Gasteiger partial charge in [0.25, 0.3) is 0 Å². The molecule has 2 amide bonds. The van der Waals surface area contributed by atoms with Gasteiger partial charge in [0.15, 0.2) is 0 Å². The minimum atomic E-state index is -0.176. The first kappa shape index (κ1) is 22.7. The van der Waals surface area contributed by atoms with Crippen molar-refractivity contribution in [1.82, 2.24) is 19.9 Å². The van der Waals surface area contributed by atoms with Crippen LogP contribution >= 0.6 is 0 Å². The van der Waals surface area contributed by atoms with E-state index in [9.17, 15) is 9.59 Å². The Labute approximate surface area is 212 Å². The monoisotopic (exact) mass is 488 g/mol. The highest BCUT2D eigenvalue weighted by atomic mass is 16.2. The van der Waals surface area contributed by atoms with Crippen LogP contribution in [0.4, 0.5) is 11.4 Å². The molecule has 8 nitrogen and oxygen atoms in total. The second-order valence-electron chi connectivity index (χ2n) is 8.99. The highest BCUT2D eigenvalue weighted by Crippen LogP contribution is 2.23. The second kappa shape index (κ2) is 9.73. The summed E-state index contributed by atoms with van der Waals surface area (Å²) in [7, 11) is 0. The van der Waals surface area contributed by atoms with Crippen LogP contribution in [0.2, 0.25) is 0 Å². The van der Waals surface area contributed by atoms with E-state index >= 15 is 0 Å². The average molecular weight is 489 g/mol. The lowest BCUT2D eigenvalue weighted by atomic mass is 10.1. The molecule has 2 heterocycles. The predicted octanol–water partition coefficient (Wildman–Crippen LogP) is 3.83. The number of amides is 2. The van der Waals surface area contributed by atoms with Gasteiger partial charge in [-0.3, -0.25) is 9.59 Å². The van der Waals surface area contributed by atoms with E-state index in [1.807, 2.05) is 60.7 Å². The van der Waals surface area contributed by atoms with Crippen molar-refractivity contribution in [3.63, 3.8) is 0 Å². The third-order valence-electron chi connectivity index (χ3n) is 6.32. The summed E-state index contributed by atoms with van der Waals surface area (Å²) in [5, 5.41) is 7.61. The summed E-state index contributed by atoms with van der Waals surface area (Å²) in [5.74, 6) is -0.345. The lowest BCUT2D eigenvalue weighted by Gasteiger charge is -2.10. The van der Waals surface area contributed by atoms with Crippen molar-refractivity contribution in [1.29, 1.82) is 0 Å². The number of carbonyl (C=O) groups is 2. The van der Waals surface area contributed by atoms with Crippen molar-refractivity contribution in [2.75, 3.05) is 10.6 Å². The average Bonchev–Trinajstić information content (AvgIpc) is 2.91. The van der Waals surface area contributed by atoms with Crippen molar-refractivity contribution < 1.29 is 9.59 Å². The fourth-order valence-electron chi connectivity index (χ4n) is 4.52. The van der Waals surface area contributed by atoms with Crippen LogP contribution in [-0.2, 0) is 9.59 Å². The van der Waals surface area contributed by atoms with Gasteiger partial charge < -0.3 is 10.6 Å². The summed E-state index contributed by atoms with van der Waals surface area (Å²) in [5.41, 5.74) is 5.57. The maximum atomic E-state index is 12.7. The molecule has 182 valence electrons. The van der Waals surface area contributed by atoms with E-state index in [2.05, 4.69) is 37.7 Å². The van der Waals surface area contributed by atoms with Gasteiger partial charge in [0, 0.05) is 12.8 Å². The molecular formula is C29H24N6O2. The van der Waals surface area contributed by atoms with E-state index in [1.165, 1.54) is 0 Å². The molecule has 37 heavy (non-hydrogen) atoms. The number of anilines is 2. The first-order valence-corrected chi connectivity index (χ1v) is 12.4. The van der Waals surface area contributed by atoms with Crippen LogP contribution in [0.5, 0.6) is 0 Å². The molecule has 5 aromatic rings. The largest absolute Gasteiger partial charge is 0.324 e. The number of nitrogens with one attached hydrogen (secondary N) is 2. The van der Waals surface area contributed by atoms with Crippen molar-refractivity contribution in [2.45, 2.75) is 32.1 Å². The van der Waals surface area contributed by atoms with E-state index in [4.69, 9.17) is 4.98 Å². The third-order valence-corrected chi connectivity index (χ3v) is 6.32. The predicted molar refractivity (Wildman–Crippen MR) is 145 cm³/mol. The zero-order valence-corrected chi connectivity index (χ0v) is 20.1. The van der Waals surface area contributed by atoms with Gasteiger partial charge in [-0.1, -0.05) is 36.4 Å². The van der Waals surface area contributed by atoms with Gasteiger partial charge in [0.1, 0.15) is 11.0 Å². The number of para-hydroxylation sites is 4. The molecule has 0 unspecified atom stereocenters. The number of hydrogen-bond donors (Lipinski definition) is 2. The number of hydrogen-bond acceptors (Lipinski definition) is 6. The lowest BCUT2D eigenvalue weighted by molar-refractivity contribution is -0.117. The number of benzene rings is 3. The second-order valence-corrected chi connectivity index (χ2v) is 8.99. The maximum absolute atomic E-state index is 12.7. The highest BCUT2D eigenvalue weighted by Gasteiger charge is 2.12. The summed E-state index contributed by atoms with van der Waals surface area (Å²) in [6.45, 7) is 0. The van der Waals surface area contributed by atoms with Crippen LogP contribution in [-0.4, -0.2) is 31.8 Å². The van der Waals surface area contributed by atoms with Crippen LogP contribution in [0, 0.1) is 0 Å². The molecule has 2 aromatic heterocycles. The fraction of sp³-hybridized carbons (Fsp3) is 0.172. The van der Waals surface area contributed by atoms with Gasteiger partial charge in [0.05, 0.1) is 44.1 Å². The summed E-state index contributed by atoms with van der Waals surface area (Å²) >= 11 is 0. The summed E-state index contributed by atoms with van der Waals surface area (Å²) in [6.07, 6.45) is 6.88. The normalized spacial score (nSPS) is 12.5. The number of carbonyl (C=O) groups excluding carboxylic acids is 2. The van der Waals surface area contributed by atoms with Crippen LogP contribution in [0.25, 0.3) is 45.3 Å². The van der Waals surface area contributed by atoms with Gasteiger partial charge in [0.2, 0.25) is 11.8 Å². The molecule has 1 aliphatic carbocycles. The minimum absolute atomic E-state index is 0.169. The van der Waals surface area contributed by atoms with Crippen LogP contribution in [0.15, 0.2) is 60.7 Å². The maximum Gasteiger partial charge on any atom is 0.224 e. The molecule has 2 N–H and O–H groups in total. The van der Waals surface area contributed by atoms with E-state index in [1.54, 1.807) is 0 Å². The zero-order valence-electron chi connectivity index (χ0n) is 20.1. The van der Waals surface area contributed by atoms with Crippen molar-refractivity contribution >= 4 is 68.4 Å². The van der Waals surface area contributed by atoms with E-state index in [0.29, 0.717) is 34.3 Å². The SMILES string of the molecule is O=C(CCCC(=O)Nc1cccc2nc3ccccc3nc12)Nc1cccc2nc3c(nc12)=CCCC=3. The Hall–Kier alpha value is -4.72. The molecule has 8 heteroatoms. The Bertz CT molecular complexity index is 1820. The lowest BCUT2D eigenvalue weighted by Crippen LogP contribution is -2.33. The Morgan fingerprint density at radius 3 is 1.76 bits per heavy atom. The zero-order chi connectivity index (χ0) is 25.2. The number of rotatable bonds is 6. The third kappa shape index (κ3) is 4.73. The van der Waals surface area contributed by atoms with E-state index < -0.39 is 0 Å². The fourth-order valence-corrected chi connectivity index (χ4v) is 4.52. The molecule has 0 aliphatic heterocycles. The van der Waals surface area contributed by atoms with E-state index in [-0.39, 0.29) is 24.7 Å². The van der Waals surface area contributed by atoms with Gasteiger partial charge in [-0.05, 0) is 55.7 Å². The Morgan fingerprint density at radius 1 is 0.595 bits per heavy atom. The molecule has 0 spiro atoms. The Balaban J connectivity index is 1.10. The van der Waals surface area contributed by atoms with Crippen molar-refractivity contribution in [3.8, 4) is 0 Å². The first-order valence-electron chi connectivity index (χ1n) is 12.4. The highest BCUT2D eigenvalue weighted by molar-refractivity contribution is 6.02. The number of nitrogens with zero attached hydrogens (tertiary/aromatic N) is 4. The van der Waals surface area contributed by atoms with Crippen LogP contribution < -0.4 is 21.3 Å². The molecule has 3 aromatic carbocycles. The van der Waals surface area contributed by atoms with Gasteiger partial charge in [-0.15, -0.1) is 0 Å². The molecule has 0 saturated heterocycles. The molecule has 1 aliphatic rings. The summed E-state index contributed by atoms with van der Waals surface area (Å²) in [6, 6.07) is 18.7. The van der Waals surface area contributed by atoms with Crippen molar-refractivity contribution in [2.24, 2.45) is 0 Å². The first-order chi connectivity index (χ1) is 18.1. The standard InChI is InChI=1S/C29H24N6O2/c36-26(32-24-14-5-12-22-28(24)34-20-10-3-1-8-18(20)30-22)16-7-17-27(37)33-25-15-6-13-23-29(25)35-21-11-4-2-9-19(21)31-23/h1,3,5-6,8-15H,2,4,7,16-17H2,(H,32,36)(H,33,37). The topological polar surface area (TPSA) is 110 Å². The summed E-state index contributed by atoms with van der Waals surface area (Å²) < 4.78 is 0. The van der Waals surface area contributed by atoms with Crippen molar-refractivity contribution in [3.05, 3.63) is 71.4 Å². The number of fused-ring (bicyclic) bond motifs is 4. The smallest absolute Gasteiger partial charge is 0.224 e. The van der Waals surface area contributed by atoms with Gasteiger partial charge in [-0.25, -0.2) is 19.9 Å². The Kier molecular flexibility index (Phi) is 5.98. The molecule has 0 bridgehead atoms. The molecule has 0 saturated carbocycles. The van der Waals surface area contributed by atoms with Crippen LogP contribution in [0.1, 0.15) is 32.1 Å². The van der Waals surface area contributed by atoms with Crippen LogP contribution in [0.3, 0.4) is 0 Å². The molecular weight excluding hydrogens is 464 g/mol. The van der Waals surface area contributed by atoms with Gasteiger partial charge >= 0.3 is 0 Å². The molecule has 0 fully saturated rings. The van der Waals surface area contributed by atoms with Gasteiger partial charge in [-0.2, -0.15) is 0 Å². The summed E-state index contributed by atoms with van der Waals surface area (Å²) in [4.78, 5) is 44.0. The Morgan fingerprint density at radius 2 is 1.11 bits per heavy atom. The quantitative estimate of drug-likeness (QED) is 0.352. The molecule has 6 rings (SSSR count). The molecule has 0 radical (unpaired) electrons.